The summed E-state index contributed by atoms with van der Waals surface area (Å²) < 4.78 is 5.92. The Labute approximate surface area is 187 Å². The van der Waals surface area contributed by atoms with Gasteiger partial charge in [-0.1, -0.05) is 60.7 Å². The molecule has 31 heavy (non-hydrogen) atoms. The first-order valence-electron chi connectivity index (χ1n) is 9.46. The van der Waals surface area contributed by atoms with Crippen molar-refractivity contribution in [1.82, 2.24) is 21.2 Å². The summed E-state index contributed by atoms with van der Waals surface area (Å²) in [5.41, 5.74) is 6.60. The summed E-state index contributed by atoms with van der Waals surface area (Å²) >= 11 is 3.24. The van der Waals surface area contributed by atoms with E-state index in [0.29, 0.717) is 4.47 Å². The van der Waals surface area contributed by atoms with Crippen LogP contribution in [0, 0.1) is 0 Å². The van der Waals surface area contributed by atoms with Crippen LogP contribution < -0.4 is 16.2 Å². The van der Waals surface area contributed by atoms with E-state index in [0.717, 1.165) is 11.1 Å². The lowest BCUT2D eigenvalue weighted by Gasteiger charge is -2.18. The van der Waals surface area contributed by atoms with Crippen molar-refractivity contribution in [2.24, 2.45) is 0 Å². The minimum atomic E-state index is -0.957. The number of amides is 3. The molecule has 0 spiro atoms. The second kappa shape index (κ2) is 11.0. The maximum atomic E-state index is 12.7. The van der Waals surface area contributed by atoms with Crippen molar-refractivity contribution in [1.29, 1.82) is 0 Å². The Morgan fingerprint density at radius 2 is 1.58 bits per heavy atom. The monoisotopic (exact) mass is 484 g/mol. The number of hydrogen-bond acceptors (Lipinski definition) is 4. The maximum absolute atomic E-state index is 12.7. The Hall–Kier alpha value is -3.59. The molecule has 0 radical (unpaired) electrons. The van der Waals surface area contributed by atoms with E-state index in [9.17, 15) is 14.4 Å². The largest absolute Gasteiger partial charge is 0.445 e. The molecular formula is C22H21BrN4O4. The van der Waals surface area contributed by atoms with Crippen molar-refractivity contribution in [3.8, 4) is 0 Å². The third-order valence-corrected chi connectivity index (χ3v) is 4.75. The van der Waals surface area contributed by atoms with Crippen molar-refractivity contribution >= 4 is 33.8 Å². The molecule has 0 aliphatic heterocycles. The van der Waals surface area contributed by atoms with Crippen LogP contribution >= 0.6 is 15.9 Å². The van der Waals surface area contributed by atoms with Crippen LogP contribution in [-0.2, 0) is 22.6 Å². The number of alkyl carbamates (subject to hydrolysis) is 1. The summed E-state index contributed by atoms with van der Waals surface area (Å²) in [6.07, 6.45) is 1.08. The van der Waals surface area contributed by atoms with Gasteiger partial charge in [-0.25, -0.2) is 4.79 Å². The molecule has 0 fully saturated rings. The third kappa shape index (κ3) is 7.00. The first-order valence-corrected chi connectivity index (χ1v) is 10.3. The Kier molecular flexibility index (Phi) is 7.83. The van der Waals surface area contributed by atoms with Gasteiger partial charge < -0.3 is 15.0 Å². The van der Waals surface area contributed by atoms with Gasteiger partial charge >= 0.3 is 6.09 Å². The van der Waals surface area contributed by atoms with Gasteiger partial charge in [0.1, 0.15) is 18.3 Å². The topological polar surface area (TPSA) is 112 Å². The lowest BCUT2D eigenvalue weighted by Crippen LogP contribution is -2.53. The normalized spacial score (nSPS) is 11.3. The molecule has 1 atom stereocenters. The fourth-order valence-corrected chi connectivity index (χ4v) is 3.08. The molecule has 3 aromatic rings. The van der Waals surface area contributed by atoms with Crippen molar-refractivity contribution in [2.45, 2.75) is 19.1 Å². The molecule has 0 saturated heterocycles. The zero-order valence-electron chi connectivity index (χ0n) is 16.4. The smallest absolute Gasteiger partial charge is 0.408 e. The fourth-order valence-electron chi connectivity index (χ4n) is 2.74. The number of carbonyl (C=O) groups excluding carboxylic acids is 3. The number of carbonyl (C=O) groups is 3. The van der Waals surface area contributed by atoms with Gasteiger partial charge in [-0.05, 0) is 33.1 Å². The molecule has 0 bridgehead atoms. The zero-order chi connectivity index (χ0) is 22.1. The molecule has 0 unspecified atom stereocenters. The summed E-state index contributed by atoms with van der Waals surface area (Å²) in [6.45, 7) is 0.0742. The predicted octanol–water partition coefficient (Wildman–Crippen LogP) is 3.08. The molecule has 0 aliphatic rings. The van der Waals surface area contributed by atoms with Crippen LogP contribution in [0.3, 0.4) is 0 Å². The molecule has 3 amide bonds. The molecule has 0 saturated carbocycles. The van der Waals surface area contributed by atoms with Crippen molar-refractivity contribution < 1.29 is 19.1 Å². The number of nitrogens with one attached hydrogen (secondary N) is 4. The molecule has 160 valence electrons. The molecule has 9 heteroatoms. The highest BCUT2D eigenvalue weighted by Crippen LogP contribution is 2.10. The van der Waals surface area contributed by atoms with E-state index in [1.54, 1.807) is 12.3 Å². The summed E-state index contributed by atoms with van der Waals surface area (Å²) in [5.74, 6) is -1.11. The number of benzene rings is 2. The molecule has 4 N–H and O–H groups in total. The second-order valence-corrected chi connectivity index (χ2v) is 7.54. The van der Waals surface area contributed by atoms with Crippen LogP contribution in [0.15, 0.2) is 77.4 Å². The summed E-state index contributed by atoms with van der Waals surface area (Å²) in [4.78, 5) is 39.9. The Morgan fingerprint density at radius 1 is 0.935 bits per heavy atom. The van der Waals surface area contributed by atoms with E-state index >= 15 is 0 Å². The van der Waals surface area contributed by atoms with Gasteiger partial charge in [-0.2, -0.15) is 0 Å². The quantitative estimate of drug-likeness (QED) is 0.386. The van der Waals surface area contributed by atoms with Gasteiger partial charge in [0, 0.05) is 17.1 Å². The van der Waals surface area contributed by atoms with Crippen molar-refractivity contribution in [3.63, 3.8) is 0 Å². The van der Waals surface area contributed by atoms with Gasteiger partial charge in [-0.3, -0.25) is 20.4 Å². The van der Waals surface area contributed by atoms with Crippen LogP contribution in [0.1, 0.15) is 21.6 Å². The number of rotatable bonds is 7. The second-order valence-electron chi connectivity index (χ2n) is 6.62. The first-order chi connectivity index (χ1) is 15.0. The average molecular weight is 485 g/mol. The zero-order valence-corrected chi connectivity index (χ0v) is 18.0. The number of hydrogen-bond donors (Lipinski definition) is 4. The van der Waals surface area contributed by atoms with E-state index in [2.05, 4.69) is 37.1 Å². The highest BCUT2D eigenvalue weighted by Gasteiger charge is 2.23. The number of aromatic nitrogens is 1. The minimum Gasteiger partial charge on any atom is -0.445 e. The molecule has 1 heterocycles. The molecule has 3 rings (SSSR count). The van der Waals surface area contributed by atoms with Crippen LogP contribution in [0.2, 0.25) is 0 Å². The SMILES string of the molecule is O=C(N[C@H](Cc1ccccc1)C(=O)NNC(=O)c1cc(Br)c[nH]1)OCc1ccccc1. The molecule has 8 nitrogen and oxygen atoms in total. The highest BCUT2D eigenvalue weighted by atomic mass is 79.9. The number of aromatic amines is 1. The van der Waals surface area contributed by atoms with Crippen molar-refractivity contribution in [2.75, 3.05) is 0 Å². The Bertz CT molecular complexity index is 1020. The number of hydrazine groups is 1. The van der Waals surface area contributed by atoms with E-state index in [4.69, 9.17) is 4.74 Å². The van der Waals surface area contributed by atoms with E-state index < -0.39 is 23.9 Å². The number of halogens is 1. The van der Waals surface area contributed by atoms with E-state index in [1.807, 2.05) is 60.7 Å². The number of H-pyrrole nitrogens is 1. The van der Waals surface area contributed by atoms with Gasteiger partial charge in [0.05, 0.1) is 0 Å². The summed E-state index contributed by atoms with van der Waals surface area (Å²) in [6, 6.07) is 19.0. The minimum absolute atomic E-state index is 0.0742. The van der Waals surface area contributed by atoms with Gasteiger partial charge in [-0.15, -0.1) is 0 Å². The molecule has 1 aromatic heterocycles. The molecule has 2 aromatic carbocycles. The first kappa shape index (κ1) is 22.1. The third-order valence-electron chi connectivity index (χ3n) is 4.30. The number of ether oxygens (including phenoxy) is 1. The molecular weight excluding hydrogens is 464 g/mol. The standard InChI is InChI=1S/C22H21BrN4O4/c23-17-12-18(24-13-17)20(28)26-27-21(29)19(11-15-7-3-1-4-8-15)25-22(30)31-14-16-9-5-2-6-10-16/h1-10,12-13,19,24H,11,14H2,(H,25,30)(H,26,28)(H,27,29)/t19-/m1/s1. The van der Waals surface area contributed by atoms with Gasteiger partial charge in [0.2, 0.25) is 0 Å². The average Bonchev–Trinajstić information content (AvgIpc) is 3.23. The van der Waals surface area contributed by atoms with Crippen LogP contribution in [0.5, 0.6) is 0 Å². The van der Waals surface area contributed by atoms with Crippen molar-refractivity contribution in [3.05, 3.63) is 94.2 Å². The van der Waals surface area contributed by atoms with Crippen LogP contribution in [-0.4, -0.2) is 28.9 Å². The van der Waals surface area contributed by atoms with Gasteiger partial charge in [0.25, 0.3) is 11.8 Å². The predicted molar refractivity (Wildman–Crippen MR) is 118 cm³/mol. The molecule has 0 aliphatic carbocycles. The Balaban J connectivity index is 1.60. The maximum Gasteiger partial charge on any atom is 0.408 e. The van der Waals surface area contributed by atoms with E-state index in [1.165, 1.54) is 0 Å². The highest BCUT2D eigenvalue weighted by molar-refractivity contribution is 9.10. The Morgan fingerprint density at radius 3 is 2.19 bits per heavy atom. The van der Waals surface area contributed by atoms with Crippen LogP contribution in [0.25, 0.3) is 0 Å². The fraction of sp³-hybridized carbons (Fsp3) is 0.136. The lowest BCUT2D eigenvalue weighted by atomic mass is 10.1. The van der Waals surface area contributed by atoms with Crippen LogP contribution in [0.4, 0.5) is 4.79 Å². The van der Waals surface area contributed by atoms with Gasteiger partial charge in [0.15, 0.2) is 0 Å². The lowest BCUT2D eigenvalue weighted by molar-refractivity contribution is -0.123. The summed E-state index contributed by atoms with van der Waals surface area (Å²) in [7, 11) is 0. The summed E-state index contributed by atoms with van der Waals surface area (Å²) in [5, 5.41) is 2.56. The van der Waals surface area contributed by atoms with E-state index in [-0.39, 0.29) is 18.7 Å².